The lowest BCUT2D eigenvalue weighted by atomic mass is 10.0. The lowest BCUT2D eigenvalue weighted by Gasteiger charge is -2.12. The van der Waals surface area contributed by atoms with E-state index < -0.39 is 27.7 Å². The summed E-state index contributed by atoms with van der Waals surface area (Å²) in [5.74, 6) is -1.19. The summed E-state index contributed by atoms with van der Waals surface area (Å²) in [5, 5.41) is 12.4. The van der Waals surface area contributed by atoms with Crippen LogP contribution in [0.4, 0.5) is 0 Å². The number of nitrogens with zero attached hydrogens (tertiary/aromatic N) is 1. The van der Waals surface area contributed by atoms with E-state index >= 15 is 0 Å². The molecule has 16 heavy (non-hydrogen) atoms. The van der Waals surface area contributed by atoms with E-state index in [0.29, 0.717) is 6.42 Å². The Morgan fingerprint density at radius 3 is 2.81 bits per heavy atom. The maximum Gasteiger partial charge on any atom is 0.237 e. The Morgan fingerprint density at radius 1 is 1.69 bits per heavy atom. The number of sulfone groups is 1. The second-order valence-electron chi connectivity index (χ2n) is 3.74. The molecule has 0 saturated heterocycles. The van der Waals surface area contributed by atoms with E-state index in [4.69, 9.17) is 5.26 Å². The third-order valence-electron chi connectivity index (χ3n) is 2.31. The molecule has 1 amide bonds. The Labute approximate surface area is 95.1 Å². The molecule has 5 nitrogen and oxygen atoms in total. The smallest absolute Gasteiger partial charge is 0.237 e. The third-order valence-corrected chi connectivity index (χ3v) is 3.70. The van der Waals surface area contributed by atoms with Gasteiger partial charge in [0.15, 0.2) is 9.84 Å². The van der Waals surface area contributed by atoms with Crippen LogP contribution in [0.3, 0.4) is 0 Å². The summed E-state index contributed by atoms with van der Waals surface area (Å²) >= 11 is 0. The minimum atomic E-state index is -3.16. The largest absolute Gasteiger partial charge is 0.348 e. The molecule has 0 aliphatic carbocycles. The quantitative estimate of drug-likeness (QED) is 0.770. The Balaban J connectivity index is 2.53. The molecule has 1 aliphatic rings. The van der Waals surface area contributed by atoms with Gasteiger partial charge in [0.05, 0.1) is 17.9 Å². The molecule has 1 rings (SSSR count). The van der Waals surface area contributed by atoms with Crippen LogP contribution in [0.15, 0.2) is 11.5 Å². The van der Waals surface area contributed by atoms with Crippen LogP contribution in [-0.2, 0) is 14.6 Å². The summed E-state index contributed by atoms with van der Waals surface area (Å²) in [5.41, 5.74) is 0. The Morgan fingerprint density at radius 2 is 2.38 bits per heavy atom. The Hall–Kier alpha value is -1.35. The average Bonchev–Trinajstić information content (AvgIpc) is 2.54. The van der Waals surface area contributed by atoms with E-state index in [2.05, 4.69) is 5.32 Å². The van der Waals surface area contributed by atoms with Crippen LogP contribution in [0, 0.1) is 17.2 Å². The second-order valence-corrected chi connectivity index (χ2v) is 5.67. The van der Waals surface area contributed by atoms with E-state index in [9.17, 15) is 13.2 Å². The highest BCUT2D eigenvalue weighted by Crippen LogP contribution is 2.10. The van der Waals surface area contributed by atoms with Crippen molar-refractivity contribution in [2.45, 2.75) is 25.8 Å². The van der Waals surface area contributed by atoms with Crippen molar-refractivity contribution in [1.82, 2.24) is 5.32 Å². The molecule has 0 bridgehead atoms. The fourth-order valence-corrected chi connectivity index (χ4v) is 2.73. The molecule has 1 aliphatic heterocycles. The minimum absolute atomic E-state index is 0.108. The van der Waals surface area contributed by atoms with Crippen molar-refractivity contribution >= 4 is 15.7 Å². The molecule has 0 saturated carbocycles. The maximum atomic E-state index is 11.6. The van der Waals surface area contributed by atoms with Crippen molar-refractivity contribution in [3.8, 4) is 6.07 Å². The highest BCUT2D eigenvalue weighted by Gasteiger charge is 2.25. The third kappa shape index (κ3) is 3.35. The lowest BCUT2D eigenvalue weighted by molar-refractivity contribution is -0.123. The van der Waals surface area contributed by atoms with E-state index in [1.165, 1.54) is 6.08 Å². The van der Waals surface area contributed by atoms with Crippen molar-refractivity contribution in [2.24, 2.45) is 5.92 Å². The van der Waals surface area contributed by atoms with Crippen molar-refractivity contribution in [2.75, 3.05) is 5.75 Å². The number of hydrogen-bond acceptors (Lipinski definition) is 4. The van der Waals surface area contributed by atoms with Crippen molar-refractivity contribution in [1.29, 1.82) is 5.26 Å². The van der Waals surface area contributed by atoms with Gasteiger partial charge in [0.25, 0.3) is 0 Å². The fourth-order valence-electron chi connectivity index (χ4n) is 1.49. The van der Waals surface area contributed by atoms with Crippen LogP contribution in [0.25, 0.3) is 0 Å². The molecule has 0 radical (unpaired) electrons. The predicted octanol–water partition coefficient (Wildman–Crippen LogP) is 0.353. The summed E-state index contributed by atoms with van der Waals surface area (Å²) in [6.07, 6.45) is 2.67. The Kier molecular flexibility index (Phi) is 4.07. The van der Waals surface area contributed by atoms with Crippen LogP contribution >= 0.6 is 0 Å². The van der Waals surface area contributed by atoms with Gasteiger partial charge in [-0.05, 0) is 12.5 Å². The summed E-state index contributed by atoms with van der Waals surface area (Å²) in [4.78, 5) is 11.6. The number of hydrogen-bond donors (Lipinski definition) is 1. The van der Waals surface area contributed by atoms with Gasteiger partial charge in [-0.2, -0.15) is 5.26 Å². The molecule has 88 valence electrons. The standard InChI is InChI=1S/C10H14N2O3S/c1-2-3-8(6-11)10(13)12-9-4-5-16(14,15)7-9/h4-5,8-9H,2-3,7H2,1H3,(H,12,13). The molecule has 0 fully saturated rings. The molecule has 6 heteroatoms. The monoisotopic (exact) mass is 242 g/mol. The molecule has 2 unspecified atom stereocenters. The molecule has 2 atom stereocenters. The zero-order chi connectivity index (χ0) is 12.2. The summed E-state index contributed by atoms with van der Waals surface area (Å²) < 4.78 is 22.2. The highest BCUT2D eigenvalue weighted by atomic mass is 32.2. The molecule has 1 N–H and O–H groups in total. The number of nitrogens with one attached hydrogen (secondary N) is 1. The van der Waals surface area contributed by atoms with E-state index in [-0.39, 0.29) is 5.75 Å². The SMILES string of the molecule is CCCC(C#N)C(=O)NC1C=CS(=O)(=O)C1. The van der Waals surface area contributed by atoms with Crippen LogP contribution in [0.5, 0.6) is 0 Å². The maximum absolute atomic E-state index is 11.6. The van der Waals surface area contributed by atoms with Crippen LogP contribution < -0.4 is 5.32 Å². The molecule has 0 aromatic heterocycles. The van der Waals surface area contributed by atoms with Crippen molar-refractivity contribution < 1.29 is 13.2 Å². The predicted molar refractivity (Wildman–Crippen MR) is 58.9 cm³/mol. The molecule has 1 heterocycles. The first kappa shape index (κ1) is 12.7. The van der Waals surface area contributed by atoms with Gasteiger partial charge in [-0.1, -0.05) is 13.3 Å². The number of amides is 1. The first-order chi connectivity index (χ1) is 7.48. The van der Waals surface area contributed by atoms with Crippen LogP contribution in [0.2, 0.25) is 0 Å². The lowest BCUT2D eigenvalue weighted by Crippen LogP contribution is -2.39. The summed E-state index contributed by atoms with van der Waals surface area (Å²) in [6, 6.07) is 1.42. The summed E-state index contributed by atoms with van der Waals surface area (Å²) in [7, 11) is -3.16. The number of carbonyl (C=O) groups is 1. The first-order valence-electron chi connectivity index (χ1n) is 5.09. The summed E-state index contributed by atoms with van der Waals surface area (Å²) in [6.45, 7) is 1.89. The van der Waals surface area contributed by atoms with Gasteiger partial charge in [-0.3, -0.25) is 4.79 Å². The zero-order valence-electron chi connectivity index (χ0n) is 9.01. The zero-order valence-corrected chi connectivity index (χ0v) is 9.83. The van der Waals surface area contributed by atoms with E-state index in [1.54, 1.807) is 0 Å². The van der Waals surface area contributed by atoms with Gasteiger partial charge in [-0.15, -0.1) is 0 Å². The molecular formula is C10H14N2O3S. The van der Waals surface area contributed by atoms with Gasteiger partial charge in [0, 0.05) is 5.41 Å². The highest BCUT2D eigenvalue weighted by molar-refractivity contribution is 7.94. The molecule has 0 aromatic rings. The van der Waals surface area contributed by atoms with Gasteiger partial charge >= 0.3 is 0 Å². The number of carbonyl (C=O) groups excluding carboxylic acids is 1. The van der Waals surface area contributed by atoms with Crippen molar-refractivity contribution in [3.63, 3.8) is 0 Å². The van der Waals surface area contributed by atoms with Gasteiger partial charge in [-0.25, -0.2) is 8.42 Å². The average molecular weight is 242 g/mol. The molecule has 0 spiro atoms. The molecule has 0 aromatic carbocycles. The Bertz CT molecular complexity index is 433. The van der Waals surface area contributed by atoms with Gasteiger partial charge in [0.1, 0.15) is 5.92 Å². The van der Waals surface area contributed by atoms with Gasteiger partial charge in [0.2, 0.25) is 5.91 Å². The van der Waals surface area contributed by atoms with Crippen LogP contribution in [0.1, 0.15) is 19.8 Å². The fraction of sp³-hybridized carbons (Fsp3) is 0.600. The van der Waals surface area contributed by atoms with Crippen molar-refractivity contribution in [3.05, 3.63) is 11.5 Å². The topological polar surface area (TPSA) is 87.0 Å². The number of rotatable bonds is 4. The molecular weight excluding hydrogens is 228 g/mol. The van der Waals surface area contributed by atoms with E-state index in [0.717, 1.165) is 11.8 Å². The second kappa shape index (κ2) is 5.12. The first-order valence-corrected chi connectivity index (χ1v) is 6.81. The number of nitriles is 1. The normalized spacial score (nSPS) is 23.6. The van der Waals surface area contributed by atoms with Gasteiger partial charge < -0.3 is 5.32 Å². The van der Waals surface area contributed by atoms with Crippen LogP contribution in [-0.4, -0.2) is 26.1 Å². The van der Waals surface area contributed by atoms with E-state index in [1.807, 2.05) is 13.0 Å². The minimum Gasteiger partial charge on any atom is -0.348 e.